The molecule has 0 radical (unpaired) electrons. The molecule has 0 amide bonds. The molecule has 0 saturated carbocycles. The largest absolute Gasteiger partial charge is 0.329 e. The van der Waals surface area contributed by atoms with Crippen molar-refractivity contribution in [3.05, 3.63) is 40.3 Å². The first-order chi connectivity index (χ1) is 10.0. The van der Waals surface area contributed by atoms with Crippen molar-refractivity contribution in [3.63, 3.8) is 0 Å². The Balaban J connectivity index is 2.22. The molecule has 0 aliphatic rings. The van der Waals surface area contributed by atoms with E-state index in [0.717, 1.165) is 6.54 Å². The Morgan fingerprint density at radius 2 is 2.10 bits per heavy atom. The van der Waals surface area contributed by atoms with Crippen LogP contribution in [0.3, 0.4) is 0 Å². The van der Waals surface area contributed by atoms with Gasteiger partial charge in [0.05, 0.1) is 12.2 Å². The number of thiophene rings is 1. The van der Waals surface area contributed by atoms with Crippen LogP contribution in [0.5, 0.6) is 0 Å². The van der Waals surface area contributed by atoms with E-state index in [0.29, 0.717) is 18.6 Å². The normalized spacial score (nSPS) is 13.5. The lowest BCUT2D eigenvalue weighted by Gasteiger charge is -2.33. The van der Waals surface area contributed by atoms with Gasteiger partial charge in [0.15, 0.2) is 0 Å². The Morgan fingerprint density at radius 3 is 2.57 bits per heavy atom. The van der Waals surface area contributed by atoms with Crippen LogP contribution < -0.4 is 5.73 Å². The molecule has 2 heterocycles. The van der Waals surface area contributed by atoms with E-state index in [9.17, 15) is 0 Å². The lowest BCUT2D eigenvalue weighted by atomic mass is 10.1. The van der Waals surface area contributed by atoms with Crippen LogP contribution in [0.1, 0.15) is 50.2 Å². The molecule has 2 N–H and O–H groups in total. The van der Waals surface area contributed by atoms with Gasteiger partial charge in [0.2, 0.25) is 0 Å². The molecule has 2 aromatic heterocycles. The van der Waals surface area contributed by atoms with Crippen LogP contribution in [0, 0.1) is 0 Å². The van der Waals surface area contributed by atoms with Crippen LogP contribution in [0.15, 0.2) is 29.9 Å². The Kier molecular flexibility index (Phi) is 5.56. The van der Waals surface area contributed by atoms with Crippen molar-refractivity contribution in [2.75, 3.05) is 6.54 Å². The lowest BCUT2D eigenvalue weighted by Crippen LogP contribution is -2.37. The average Bonchev–Trinajstić information content (AvgIpc) is 3.08. The molecular formula is C16H26N4S. The summed E-state index contributed by atoms with van der Waals surface area (Å²) >= 11 is 1.80. The van der Waals surface area contributed by atoms with Crippen molar-refractivity contribution in [3.8, 4) is 0 Å². The summed E-state index contributed by atoms with van der Waals surface area (Å²) in [6.45, 7) is 10.3. The highest BCUT2D eigenvalue weighted by molar-refractivity contribution is 7.09. The fourth-order valence-corrected chi connectivity index (χ4v) is 3.22. The van der Waals surface area contributed by atoms with Gasteiger partial charge in [-0.1, -0.05) is 6.07 Å². The summed E-state index contributed by atoms with van der Waals surface area (Å²) in [6, 6.07) is 5.31. The van der Waals surface area contributed by atoms with E-state index in [4.69, 9.17) is 5.73 Å². The second kappa shape index (κ2) is 7.20. The molecule has 2 aromatic rings. The van der Waals surface area contributed by atoms with Crippen molar-refractivity contribution in [2.45, 2.75) is 52.4 Å². The lowest BCUT2D eigenvalue weighted by molar-refractivity contribution is 0.149. The van der Waals surface area contributed by atoms with Crippen LogP contribution in [-0.2, 0) is 6.54 Å². The maximum Gasteiger partial charge on any atom is 0.0538 e. The highest BCUT2D eigenvalue weighted by Gasteiger charge is 2.23. The van der Waals surface area contributed by atoms with Gasteiger partial charge in [0.1, 0.15) is 0 Å². The van der Waals surface area contributed by atoms with Gasteiger partial charge in [-0.25, -0.2) is 0 Å². The first-order valence-corrected chi connectivity index (χ1v) is 8.43. The number of nitrogens with zero attached hydrogens (tertiary/aromatic N) is 3. The van der Waals surface area contributed by atoms with Crippen LogP contribution in [0.25, 0.3) is 0 Å². The zero-order chi connectivity index (χ0) is 15.4. The molecule has 0 aliphatic carbocycles. The van der Waals surface area contributed by atoms with E-state index in [2.05, 4.69) is 61.4 Å². The minimum absolute atomic E-state index is 0.208. The molecule has 2 rings (SSSR count). The molecule has 0 aromatic carbocycles. The zero-order valence-corrected chi connectivity index (χ0v) is 14.2. The molecule has 5 heteroatoms. The third-order valence-electron chi connectivity index (χ3n) is 3.74. The van der Waals surface area contributed by atoms with Gasteiger partial charge in [-0.2, -0.15) is 5.10 Å². The predicted octanol–water partition coefficient (Wildman–Crippen LogP) is 3.44. The maximum absolute atomic E-state index is 6.08. The summed E-state index contributed by atoms with van der Waals surface area (Å²) in [6.07, 6.45) is 4.09. The Hall–Kier alpha value is -1.17. The first-order valence-electron chi connectivity index (χ1n) is 7.55. The standard InChI is InChI=1S/C16H26N4S/c1-12(2)19(11-15-6-5-7-21-15)16(8-17)14-9-18-20(10-14)13(3)4/h5-7,9-10,12-13,16H,8,11,17H2,1-4H3. The van der Waals surface area contributed by atoms with E-state index in [1.54, 1.807) is 11.3 Å². The average molecular weight is 306 g/mol. The molecule has 0 aliphatic heterocycles. The molecule has 0 fully saturated rings. The summed E-state index contributed by atoms with van der Waals surface area (Å²) in [5.74, 6) is 0. The molecule has 4 nitrogen and oxygen atoms in total. The minimum Gasteiger partial charge on any atom is -0.329 e. The second-order valence-electron chi connectivity index (χ2n) is 5.94. The monoisotopic (exact) mass is 306 g/mol. The molecule has 21 heavy (non-hydrogen) atoms. The van der Waals surface area contributed by atoms with Gasteiger partial charge >= 0.3 is 0 Å². The summed E-state index contributed by atoms with van der Waals surface area (Å²) in [4.78, 5) is 3.83. The number of aromatic nitrogens is 2. The van der Waals surface area contributed by atoms with Crippen LogP contribution >= 0.6 is 11.3 Å². The van der Waals surface area contributed by atoms with Crippen molar-refractivity contribution >= 4 is 11.3 Å². The third kappa shape index (κ3) is 3.93. The van der Waals surface area contributed by atoms with Crippen molar-refractivity contribution in [1.29, 1.82) is 0 Å². The zero-order valence-electron chi connectivity index (χ0n) is 13.4. The van der Waals surface area contributed by atoms with E-state index in [-0.39, 0.29) is 6.04 Å². The molecule has 0 bridgehead atoms. The number of hydrogen-bond acceptors (Lipinski definition) is 4. The van der Waals surface area contributed by atoms with Crippen LogP contribution in [0.4, 0.5) is 0 Å². The fraction of sp³-hybridized carbons (Fsp3) is 0.562. The number of hydrogen-bond donors (Lipinski definition) is 1. The highest BCUT2D eigenvalue weighted by Crippen LogP contribution is 2.26. The molecule has 1 atom stereocenters. The van der Waals surface area contributed by atoms with Gasteiger partial charge in [-0.15, -0.1) is 11.3 Å². The second-order valence-corrected chi connectivity index (χ2v) is 6.98. The quantitative estimate of drug-likeness (QED) is 0.852. The molecule has 0 spiro atoms. The summed E-state index contributed by atoms with van der Waals surface area (Å²) in [7, 11) is 0. The van der Waals surface area contributed by atoms with Gasteiger partial charge < -0.3 is 5.73 Å². The Labute approximate surface area is 131 Å². The first kappa shape index (κ1) is 16.2. The van der Waals surface area contributed by atoms with E-state index >= 15 is 0 Å². The summed E-state index contributed by atoms with van der Waals surface area (Å²) in [5, 5.41) is 6.59. The van der Waals surface area contributed by atoms with Crippen molar-refractivity contribution < 1.29 is 0 Å². The summed E-state index contributed by atoms with van der Waals surface area (Å²) < 4.78 is 2.00. The minimum atomic E-state index is 0.208. The molecule has 0 saturated heterocycles. The van der Waals surface area contributed by atoms with E-state index in [1.165, 1.54) is 10.4 Å². The smallest absolute Gasteiger partial charge is 0.0538 e. The highest BCUT2D eigenvalue weighted by atomic mass is 32.1. The van der Waals surface area contributed by atoms with Crippen molar-refractivity contribution in [2.24, 2.45) is 5.73 Å². The van der Waals surface area contributed by atoms with Gasteiger partial charge in [0, 0.05) is 41.8 Å². The SMILES string of the molecule is CC(C)N(Cc1cccs1)C(CN)c1cnn(C(C)C)c1. The Morgan fingerprint density at radius 1 is 1.33 bits per heavy atom. The van der Waals surface area contributed by atoms with Gasteiger partial charge in [-0.05, 0) is 39.1 Å². The third-order valence-corrected chi connectivity index (χ3v) is 4.60. The van der Waals surface area contributed by atoms with Crippen LogP contribution in [-0.4, -0.2) is 27.3 Å². The molecule has 116 valence electrons. The Bertz CT molecular complexity index is 530. The molecule has 1 unspecified atom stereocenters. The fourth-order valence-electron chi connectivity index (χ4n) is 2.51. The molecular weight excluding hydrogens is 280 g/mol. The van der Waals surface area contributed by atoms with E-state index < -0.39 is 0 Å². The van der Waals surface area contributed by atoms with Crippen LogP contribution in [0.2, 0.25) is 0 Å². The van der Waals surface area contributed by atoms with E-state index in [1.807, 2.05) is 10.9 Å². The number of rotatable bonds is 7. The number of nitrogens with two attached hydrogens (primary N) is 1. The van der Waals surface area contributed by atoms with Gasteiger partial charge in [0.25, 0.3) is 0 Å². The maximum atomic E-state index is 6.08. The summed E-state index contributed by atoms with van der Waals surface area (Å²) in [5.41, 5.74) is 7.29. The van der Waals surface area contributed by atoms with Crippen molar-refractivity contribution in [1.82, 2.24) is 14.7 Å². The predicted molar refractivity (Wildman–Crippen MR) is 89.4 cm³/mol. The van der Waals surface area contributed by atoms with Gasteiger partial charge in [-0.3, -0.25) is 9.58 Å². The topological polar surface area (TPSA) is 47.1 Å².